The predicted molar refractivity (Wildman–Crippen MR) is 65.2 cm³/mol. The van der Waals surface area contributed by atoms with E-state index >= 15 is 0 Å². The summed E-state index contributed by atoms with van der Waals surface area (Å²) in [5.41, 5.74) is 0. The van der Waals surface area contributed by atoms with Crippen LogP contribution in [0.15, 0.2) is 0 Å². The van der Waals surface area contributed by atoms with Crippen molar-refractivity contribution in [3.8, 4) is 0 Å². The quantitative estimate of drug-likeness (QED) is 0.720. The van der Waals surface area contributed by atoms with Gasteiger partial charge in [0.15, 0.2) is 0 Å². The van der Waals surface area contributed by atoms with E-state index in [4.69, 9.17) is 0 Å². The second-order valence-electron chi connectivity index (χ2n) is 5.47. The topological polar surface area (TPSA) is 32.3 Å². The SMILES string of the molecule is CC1CCCN(CCCNC(=O)C2CC2)C1. The molecule has 3 heteroatoms. The molecule has 1 amide bonds. The third-order valence-corrected chi connectivity index (χ3v) is 3.64. The van der Waals surface area contributed by atoms with E-state index in [-0.39, 0.29) is 5.91 Å². The van der Waals surface area contributed by atoms with Crippen molar-refractivity contribution < 1.29 is 4.79 Å². The molecule has 0 radical (unpaired) electrons. The number of hydrogen-bond donors (Lipinski definition) is 1. The summed E-state index contributed by atoms with van der Waals surface area (Å²) in [5, 5.41) is 3.03. The maximum Gasteiger partial charge on any atom is 0.223 e. The first kappa shape index (κ1) is 11.9. The van der Waals surface area contributed by atoms with Crippen LogP contribution in [-0.4, -0.2) is 37.0 Å². The molecule has 0 aromatic heterocycles. The van der Waals surface area contributed by atoms with Gasteiger partial charge in [0.25, 0.3) is 0 Å². The lowest BCUT2D eigenvalue weighted by atomic mass is 10.0. The standard InChI is InChI=1S/C13H24N2O/c1-11-4-2-8-15(10-11)9-3-7-14-13(16)12-5-6-12/h11-12H,2-10H2,1H3,(H,14,16). The van der Waals surface area contributed by atoms with Crippen molar-refractivity contribution in [3.05, 3.63) is 0 Å². The minimum absolute atomic E-state index is 0.284. The van der Waals surface area contributed by atoms with Crippen LogP contribution in [0.2, 0.25) is 0 Å². The Labute approximate surface area is 98.6 Å². The van der Waals surface area contributed by atoms with Crippen molar-refractivity contribution in [1.82, 2.24) is 10.2 Å². The number of piperidine rings is 1. The number of nitrogens with one attached hydrogen (secondary N) is 1. The second-order valence-corrected chi connectivity index (χ2v) is 5.47. The van der Waals surface area contributed by atoms with Gasteiger partial charge in [-0.3, -0.25) is 4.79 Å². The first-order chi connectivity index (χ1) is 7.75. The molecule has 0 aromatic carbocycles. The predicted octanol–water partition coefficient (Wildman–Crippen LogP) is 1.63. The number of carbonyl (C=O) groups excluding carboxylic acids is 1. The molecule has 2 fully saturated rings. The molecular weight excluding hydrogens is 200 g/mol. The monoisotopic (exact) mass is 224 g/mol. The Balaban J connectivity index is 1.51. The Kier molecular flexibility index (Phi) is 4.22. The first-order valence-corrected chi connectivity index (χ1v) is 6.76. The molecule has 16 heavy (non-hydrogen) atoms. The lowest BCUT2D eigenvalue weighted by Gasteiger charge is -2.30. The third kappa shape index (κ3) is 3.78. The fourth-order valence-electron chi connectivity index (χ4n) is 2.49. The zero-order chi connectivity index (χ0) is 11.4. The molecule has 2 rings (SSSR count). The molecule has 1 N–H and O–H groups in total. The number of carbonyl (C=O) groups is 1. The molecule has 92 valence electrons. The van der Waals surface area contributed by atoms with Crippen LogP contribution in [0.4, 0.5) is 0 Å². The van der Waals surface area contributed by atoms with Gasteiger partial charge in [-0.05, 0) is 51.1 Å². The summed E-state index contributed by atoms with van der Waals surface area (Å²) in [7, 11) is 0. The smallest absolute Gasteiger partial charge is 0.223 e. The minimum atomic E-state index is 0.284. The largest absolute Gasteiger partial charge is 0.356 e. The summed E-state index contributed by atoms with van der Waals surface area (Å²) in [5.74, 6) is 1.50. The molecular formula is C13H24N2O. The number of likely N-dealkylation sites (tertiary alicyclic amines) is 1. The van der Waals surface area contributed by atoms with Gasteiger partial charge in [0.05, 0.1) is 0 Å². The van der Waals surface area contributed by atoms with Crippen LogP contribution in [0, 0.1) is 11.8 Å². The lowest BCUT2D eigenvalue weighted by Crippen LogP contribution is -2.36. The van der Waals surface area contributed by atoms with E-state index in [1.54, 1.807) is 0 Å². The summed E-state index contributed by atoms with van der Waals surface area (Å²) in [6.45, 7) is 6.84. The number of hydrogen-bond acceptors (Lipinski definition) is 2. The molecule has 1 aliphatic heterocycles. The van der Waals surface area contributed by atoms with Gasteiger partial charge < -0.3 is 10.2 Å². The van der Waals surface area contributed by atoms with Gasteiger partial charge in [0.2, 0.25) is 5.91 Å². The van der Waals surface area contributed by atoms with E-state index in [0.29, 0.717) is 5.92 Å². The highest BCUT2D eigenvalue weighted by atomic mass is 16.2. The average Bonchev–Trinajstić information content (AvgIpc) is 3.08. The van der Waals surface area contributed by atoms with Crippen LogP contribution in [0.3, 0.4) is 0 Å². The summed E-state index contributed by atoms with van der Waals surface area (Å²) in [6, 6.07) is 0. The third-order valence-electron chi connectivity index (χ3n) is 3.64. The molecule has 1 saturated carbocycles. The molecule has 1 heterocycles. The van der Waals surface area contributed by atoms with Crippen LogP contribution in [-0.2, 0) is 4.79 Å². The van der Waals surface area contributed by atoms with E-state index in [0.717, 1.165) is 38.3 Å². The summed E-state index contributed by atoms with van der Waals surface area (Å²) in [6.07, 6.45) is 6.04. The highest BCUT2D eigenvalue weighted by molar-refractivity contribution is 5.80. The molecule has 3 nitrogen and oxygen atoms in total. The fourth-order valence-corrected chi connectivity index (χ4v) is 2.49. The summed E-state index contributed by atoms with van der Waals surface area (Å²) < 4.78 is 0. The van der Waals surface area contributed by atoms with Gasteiger partial charge in [-0.25, -0.2) is 0 Å². The lowest BCUT2D eigenvalue weighted by molar-refractivity contribution is -0.122. The molecule has 1 atom stereocenters. The highest BCUT2D eigenvalue weighted by Crippen LogP contribution is 2.28. The maximum absolute atomic E-state index is 11.4. The van der Waals surface area contributed by atoms with Gasteiger partial charge in [0.1, 0.15) is 0 Å². The van der Waals surface area contributed by atoms with Crippen molar-refractivity contribution in [2.45, 2.75) is 39.0 Å². The molecule has 2 aliphatic rings. The maximum atomic E-state index is 11.4. The zero-order valence-electron chi connectivity index (χ0n) is 10.4. The number of rotatable bonds is 5. The van der Waals surface area contributed by atoms with Crippen LogP contribution in [0.25, 0.3) is 0 Å². The Bertz CT molecular complexity index is 238. The van der Waals surface area contributed by atoms with Gasteiger partial charge in [-0.2, -0.15) is 0 Å². The van der Waals surface area contributed by atoms with Crippen molar-refractivity contribution in [1.29, 1.82) is 0 Å². The molecule has 0 spiro atoms. The zero-order valence-corrected chi connectivity index (χ0v) is 10.4. The Hall–Kier alpha value is -0.570. The van der Waals surface area contributed by atoms with Gasteiger partial charge in [-0.15, -0.1) is 0 Å². The highest BCUT2D eigenvalue weighted by Gasteiger charge is 2.29. The van der Waals surface area contributed by atoms with E-state index in [1.807, 2.05) is 0 Å². The average molecular weight is 224 g/mol. The molecule has 0 bridgehead atoms. The summed E-state index contributed by atoms with van der Waals surface area (Å²) >= 11 is 0. The van der Waals surface area contributed by atoms with Crippen molar-refractivity contribution >= 4 is 5.91 Å². The molecule has 0 aromatic rings. The minimum Gasteiger partial charge on any atom is -0.356 e. The Morgan fingerprint density at radius 1 is 1.38 bits per heavy atom. The van der Waals surface area contributed by atoms with Crippen LogP contribution >= 0.6 is 0 Å². The van der Waals surface area contributed by atoms with E-state index in [1.165, 1.54) is 25.9 Å². The van der Waals surface area contributed by atoms with E-state index in [2.05, 4.69) is 17.1 Å². The second kappa shape index (κ2) is 5.67. The van der Waals surface area contributed by atoms with E-state index in [9.17, 15) is 4.79 Å². The van der Waals surface area contributed by atoms with Crippen LogP contribution in [0.1, 0.15) is 39.0 Å². The van der Waals surface area contributed by atoms with Crippen molar-refractivity contribution in [2.24, 2.45) is 11.8 Å². The van der Waals surface area contributed by atoms with E-state index < -0.39 is 0 Å². The number of amides is 1. The summed E-state index contributed by atoms with van der Waals surface area (Å²) in [4.78, 5) is 13.9. The van der Waals surface area contributed by atoms with Crippen molar-refractivity contribution in [2.75, 3.05) is 26.2 Å². The molecule has 1 aliphatic carbocycles. The van der Waals surface area contributed by atoms with Crippen LogP contribution in [0.5, 0.6) is 0 Å². The first-order valence-electron chi connectivity index (χ1n) is 6.76. The molecule has 1 saturated heterocycles. The normalized spacial score (nSPS) is 26.7. The Morgan fingerprint density at radius 2 is 2.19 bits per heavy atom. The fraction of sp³-hybridized carbons (Fsp3) is 0.923. The van der Waals surface area contributed by atoms with Gasteiger partial charge >= 0.3 is 0 Å². The Morgan fingerprint density at radius 3 is 2.88 bits per heavy atom. The van der Waals surface area contributed by atoms with Crippen molar-refractivity contribution in [3.63, 3.8) is 0 Å². The van der Waals surface area contributed by atoms with Gasteiger partial charge in [-0.1, -0.05) is 6.92 Å². The molecule has 1 unspecified atom stereocenters. The number of nitrogens with zero attached hydrogens (tertiary/aromatic N) is 1. The van der Waals surface area contributed by atoms with Crippen LogP contribution < -0.4 is 5.32 Å². The van der Waals surface area contributed by atoms with Gasteiger partial charge in [0, 0.05) is 19.0 Å².